The fraction of sp³-hybridized carbons (Fsp3) is 0.250. The van der Waals surface area contributed by atoms with E-state index >= 15 is 0 Å². The van der Waals surface area contributed by atoms with Crippen LogP contribution in [-0.2, 0) is 16.6 Å². The highest BCUT2D eigenvalue weighted by Crippen LogP contribution is 2.26. The maximum Gasteiger partial charge on any atom is 0.281 e. The highest BCUT2D eigenvalue weighted by Gasteiger charge is 2.24. The van der Waals surface area contributed by atoms with Gasteiger partial charge in [0.05, 0.1) is 10.2 Å². The van der Waals surface area contributed by atoms with Crippen molar-refractivity contribution < 1.29 is 12.8 Å². The smallest absolute Gasteiger partial charge is 0.281 e. The van der Waals surface area contributed by atoms with Crippen molar-refractivity contribution in [3.63, 3.8) is 0 Å². The molecule has 0 atom stereocenters. The summed E-state index contributed by atoms with van der Waals surface area (Å²) in [6.45, 7) is 3.38. The Labute approximate surface area is 130 Å². The predicted octanol–water partition coefficient (Wildman–Crippen LogP) is 2.19. The summed E-state index contributed by atoms with van der Waals surface area (Å²) >= 11 is 3.04. The molecule has 9 heteroatoms. The van der Waals surface area contributed by atoms with Crippen molar-refractivity contribution >= 4 is 31.6 Å². The quantitative estimate of drug-likeness (QED) is 0.760. The third-order valence-electron chi connectivity index (χ3n) is 3.01. The monoisotopic (exact) mass is 376 g/mol. The van der Waals surface area contributed by atoms with Crippen LogP contribution in [0.25, 0.3) is 0 Å². The zero-order chi connectivity index (χ0) is 15.8. The first-order valence-corrected chi connectivity index (χ1v) is 8.26. The molecule has 0 unspecified atom stereocenters. The van der Waals surface area contributed by atoms with Gasteiger partial charge in [-0.2, -0.15) is 13.5 Å². The van der Waals surface area contributed by atoms with Crippen LogP contribution in [0.3, 0.4) is 0 Å². The van der Waals surface area contributed by atoms with Gasteiger partial charge in [-0.25, -0.2) is 4.39 Å². The van der Waals surface area contributed by atoms with Gasteiger partial charge in [-0.3, -0.25) is 9.82 Å². The lowest BCUT2D eigenvalue weighted by molar-refractivity contribution is 0.595. The Morgan fingerprint density at radius 1 is 1.43 bits per heavy atom. The van der Waals surface area contributed by atoms with Crippen LogP contribution in [0.5, 0.6) is 0 Å². The topological polar surface area (TPSA) is 101 Å². The van der Waals surface area contributed by atoms with Crippen molar-refractivity contribution in [3.8, 4) is 0 Å². The van der Waals surface area contributed by atoms with E-state index < -0.39 is 15.8 Å². The van der Waals surface area contributed by atoms with E-state index in [-0.39, 0.29) is 21.7 Å². The highest BCUT2D eigenvalue weighted by atomic mass is 79.9. The van der Waals surface area contributed by atoms with Gasteiger partial charge in [0, 0.05) is 17.8 Å². The van der Waals surface area contributed by atoms with Gasteiger partial charge in [0.15, 0.2) is 0 Å². The average molecular weight is 377 g/mol. The van der Waals surface area contributed by atoms with Crippen LogP contribution in [0.4, 0.5) is 10.1 Å². The van der Waals surface area contributed by atoms with Crippen molar-refractivity contribution in [3.05, 3.63) is 39.2 Å². The Hall–Kier alpha value is -1.45. The molecule has 0 radical (unpaired) electrons. The number of sulfonamides is 1. The number of hydrogen-bond acceptors (Lipinski definition) is 4. The molecule has 21 heavy (non-hydrogen) atoms. The third kappa shape index (κ3) is 3.09. The normalized spacial score (nSPS) is 11.7. The van der Waals surface area contributed by atoms with Crippen LogP contribution in [0, 0.1) is 19.7 Å². The molecule has 0 aliphatic heterocycles. The summed E-state index contributed by atoms with van der Waals surface area (Å²) < 4.78 is 40.9. The zero-order valence-corrected chi connectivity index (χ0v) is 13.8. The molecular formula is C12H14BrFN4O2S. The van der Waals surface area contributed by atoms with E-state index in [1.165, 1.54) is 6.07 Å². The number of aromatic amines is 1. The fourth-order valence-corrected chi connectivity index (χ4v) is 3.63. The van der Waals surface area contributed by atoms with E-state index in [0.717, 1.165) is 6.07 Å². The zero-order valence-electron chi connectivity index (χ0n) is 11.4. The van der Waals surface area contributed by atoms with E-state index in [1.54, 1.807) is 13.8 Å². The first kappa shape index (κ1) is 15.9. The van der Waals surface area contributed by atoms with Crippen LogP contribution in [0.1, 0.15) is 16.8 Å². The molecule has 1 heterocycles. The molecule has 4 N–H and O–H groups in total. The SMILES string of the molecule is Cc1cc(Br)c(F)cc1NS(=O)(=O)c1n[nH]c(C)c1CN. The Kier molecular flexibility index (Phi) is 4.35. The van der Waals surface area contributed by atoms with Crippen molar-refractivity contribution in [2.75, 3.05) is 4.72 Å². The Bertz CT molecular complexity index is 789. The van der Waals surface area contributed by atoms with Gasteiger partial charge in [0.1, 0.15) is 5.82 Å². The molecule has 0 aliphatic rings. The molecule has 1 aromatic heterocycles. The number of aryl methyl sites for hydroxylation is 2. The van der Waals surface area contributed by atoms with Gasteiger partial charge in [-0.05, 0) is 47.5 Å². The van der Waals surface area contributed by atoms with Gasteiger partial charge >= 0.3 is 0 Å². The van der Waals surface area contributed by atoms with E-state index in [4.69, 9.17) is 5.73 Å². The minimum Gasteiger partial charge on any atom is -0.326 e. The molecule has 1 aromatic carbocycles. The lowest BCUT2D eigenvalue weighted by Gasteiger charge is -2.11. The number of anilines is 1. The first-order chi connectivity index (χ1) is 9.76. The Morgan fingerprint density at radius 3 is 2.71 bits per heavy atom. The maximum atomic E-state index is 13.6. The number of H-pyrrole nitrogens is 1. The van der Waals surface area contributed by atoms with Crippen molar-refractivity contribution in [2.24, 2.45) is 5.73 Å². The number of aromatic nitrogens is 2. The summed E-state index contributed by atoms with van der Waals surface area (Å²) in [6, 6.07) is 2.60. The molecule has 0 saturated heterocycles. The number of hydrogen-bond donors (Lipinski definition) is 3. The molecular weight excluding hydrogens is 363 g/mol. The minimum absolute atomic E-state index is 0.0340. The summed E-state index contributed by atoms with van der Waals surface area (Å²) in [7, 11) is -3.94. The molecule has 0 amide bonds. The Balaban J connectivity index is 2.45. The van der Waals surface area contributed by atoms with Gasteiger partial charge in [0.25, 0.3) is 10.0 Å². The molecule has 0 spiro atoms. The van der Waals surface area contributed by atoms with Crippen LogP contribution in [-0.4, -0.2) is 18.6 Å². The largest absolute Gasteiger partial charge is 0.326 e. The molecule has 2 rings (SSSR count). The second kappa shape index (κ2) is 5.74. The molecule has 0 fully saturated rings. The fourth-order valence-electron chi connectivity index (χ4n) is 1.84. The second-order valence-electron chi connectivity index (χ2n) is 4.52. The molecule has 2 aromatic rings. The lowest BCUT2D eigenvalue weighted by Crippen LogP contribution is -2.17. The number of nitrogens with one attached hydrogen (secondary N) is 2. The lowest BCUT2D eigenvalue weighted by atomic mass is 10.2. The van der Waals surface area contributed by atoms with Gasteiger partial charge in [-0.15, -0.1) is 0 Å². The predicted molar refractivity (Wildman–Crippen MR) is 80.9 cm³/mol. The first-order valence-electron chi connectivity index (χ1n) is 5.98. The maximum absolute atomic E-state index is 13.6. The van der Waals surface area contributed by atoms with Crippen LogP contribution in [0.15, 0.2) is 21.6 Å². The van der Waals surface area contributed by atoms with Gasteiger partial charge in [0.2, 0.25) is 5.03 Å². The molecule has 0 bridgehead atoms. The van der Waals surface area contributed by atoms with E-state index in [1.807, 2.05) is 0 Å². The van der Waals surface area contributed by atoms with E-state index in [2.05, 4.69) is 30.8 Å². The van der Waals surface area contributed by atoms with Crippen LogP contribution in [0.2, 0.25) is 0 Å². The summed E-state index contributed by atoms with van der Waals surface area (Å²) in [5, 5.41) is 6.17. The summed E-state index contributed by atoms with van der Waals surface area (Å²) in [4.78, 5) is 0. The molecule has 114 valence electrons. The van der Waals surface area contributed by atoms with Crippen LogP contribution >= 0.6 is 15.9 Å². The van der Waals surface area contributed by atoms with Crippen LogP contribution < -0.4 is 10.5 Å². The number of halogens is 2. The second-order valence-corrected chi connectivity index (χ2v) is 6.98. The standard InChI is InChI=1S/C12H14BrFN4O2S/c1-6-3-9(13)10(14)4-11(6)18-21(19,20)12-8(5-15)7(2)16-17-12/h3-4,18H,5,15H2,1-2H3,(H,16,17). The van der Waals surface area contributed by atoms with Crippen molar-refractivity contribution in [2.45, 2.75) is 25.4 Å². The van der Waals surface area contributed by atoms with E-state index in [9.17, 15) is 12.8 Å². The highest BCUT2D eigenvalue weighted by molar-refractivity contribution is 9.10. The number of nitrogens with two attached hydrogens (primary N) is 1. The van der Waals surface area contributed by atoms with Crippen molar-refractivity contribution in [1.29, 1.82) is 0 Å². The summed E-state index contributed by atoms with van der Waals surface area (Å²) in [6.07, 6.45) is 0. The number of nitrogens with zero attached hydrogens (tertiary/aromatic N) is 1. The third-order valence-corrected chi connectivity index (χ3v) is 4.95. The molecule has 0 saturated carbocycles. The van der Waals surface area contributed by atoms with E-state index in [0.29, 0.717) is 16.8 Å². The summed E-state index contributed by atoms with van der Waals surface area (Å²) in [5.41, 5.74) is 7.25. The molecule has 0 aliphatic carbocycles. The number of benzene rings is 1. The van der Waals surface area contributed by atoms with Crippen molar-refractivity contribution in [1.82, 2.24) is 10.2 Å². The average Bonchev–Trinajstić information content (AvgIpc) is 2.77. The number of rotatable bonds is 4. The van der Waals surface area contributed by atoms with Gasteiger partial charge < -0.3 is 5.73 Å². The summed E-state index contributed by atoms with van der Waals surface area (Å²) in [5.74, 6) is -0.560. The molecule has 6 nitrogen and oxygen atoms in total. The van der Waals surface area contributed by atoms with Gasteiger partial charge in [-0.1, -0.05) is 0 Å². The Morgan fingerprint density at radius 2 is 2.10 bits per heavy atom. The minimum atomic E-state index is -3.94.